The van der Waals surface area contributed by atoms with E-state index in [4.69, 9.17) is 0 Å². The molecular weight excluding hydrogens is 492 g/mol. The van der Waals surface area contributed by atoms with E-state index in [0.29, 0.717) is 11.8 Å². The lowest BCUT2D eigenvalue weighted by Gasteiger charge is -2.27. The summed E-state index contributed by atoms with van der Waals surface area (Å²) in [6.45, 7) is 4.72. The van der Waals surface area contributed by atoms with E-state index in [0.717, 1.165) is 0 Å². The van der Waals surface area contributed by atoms with Crippen LogP contribution >= 0.6 is 0 Å². The van der Waals surface area contributed by atoms with E-state index in [-0.39, 0.29) is 5.41 Å². The van der Waals surface area contributed by atoms with Crippen molar-refractivity contribution in [1.82, 2.24) is 0 Å². The van der Waals surface area contributed by atoms with Crippen LogP contribution in [-0.2, 0) is 5.41 Å². The highest BCUT2D eigenvalue weighted by Gasteiger charge is 2.35. The van der Waals surface area contributed by atoms with Crippen molar-refractivity contribution in [3.05, 3.63) is 156 Å². The molecule has 2 unspecified atom stereocenters. The zero-order valence-electron chi connectivity index (χ0n) is 23.4. The van der Waals surface area contributed by atoms with Gasteiger partial charge in [0.15, 0.2) is 0 Å². The van der Waals surface area contributed by atoms with Crippen LogP contribution in [0.2, 0.25) is 0 Å². The van der Waals surface area contributed by atoms with Crippen LogP contribution in [0.15, 0.2) is 134 Å². The molecule has 0 N–H and O–H groups in total. The zero-order valence-corrected chi connectivity index (χ0v) is 23.4. The molecule has 0 bridgehead atoms. The highest BCUT2D eigenvalue weighted by molar-refractivity contribution is 6.17. The third kappa shape index (κ3) is 3.16. The van der Waals surface area contributed by atoms with E-state index in [9.17, 15) is 0 Å². The Balaban J connectivity index is 1.06. The third-order valence-corrected chi connectivity index (χ3v) is 9.96. The Morgan fingerprint density at radius 3 is 1.88 bits per heavy atom. The monoisotopic (exact) mass is 522 g/mol. The molecule has 9 rings (SSSR count). The summed E-state index contributed by atoms with van der Waals surface area (Å²) in [7, 11) is 0. The van der Waals surface area contributed by atoms with Gasteiger partial charge in [-0.15, -0.1) is 0 Å². The molecule has 0 aliphatic heterocycles. The summed E-state index contributed by atoms with van der Waals surface area (Å²) in [6, 6.07) is 36.2. The SMILES string of the molecule is CC1(C)c2ccccc2-c2ccc(C3=CC4C=CC(c5ccc6c7c(cccc57)-c5ccccc5-6)=CC4C=C3)cc21. The molecule has 0 amide bonds. The Morgan fingerprint density at radius 2 is 1.07 bits per heavy atom. The van der Waals surface area contributed by atoms with Crippen LogP contribution in [0.1, 0.15) is 36.1 Å². The van der Waals surface area contributed by atoms with E-state index in [1.807, 2.05) is 0 Å². The normalized spacial score (nSPS) is 20.2. The van der Waals surface area contributed by atoms with Crippen molar-refractivity contribution in [2.24, 2.45) is 11.8 Å². The van der Waals surface area contributed by atoms with Crippen molar-refractivity contribution in [3.63, 3.8) is 0 Å². The van der Waals surface area contributed by atoms with Crippen molar-refractivity contribution in [3.8, 4) is 33.4 Å². The first-order chi connectivity index (χ1) is 20.1. The Labute approximate surface area is 241 Å². The Hall–Kier alpha value is -4.68. The quantitative estimate of drug-likeness (QED) is 0.212. The lowest BCUT2D eigenvalue weighted by Crippen LogP contribution is -2.15. The fourth-order valence-corrected chi connectivity index (χ4v) is 7.86. The van der Waals surface area contributed by atoms with Gasteiger partial charge in [-0.05, 0) is 83.6 Å². The summed E-state index contributed by atoms with van der Waals surface area (Å²) in [5.74, 6) is 0.743. The van der Waals surface area contributed by atoms with E-state index in [1.54, 1.807) is 0 Å². The number of hydrogen-bond acceptors (Lipinski definition) is 0. The van der Waals surface area contributed by atoms with Gasteiger partial charge in [0, 0.05) is 17.3 Å². The van der Waals surface area contributed by atoms with E-state index in [2.05, 4.69) is 147 Å². The average molecular weight is 523 g/mol. The molecule has 41 heavy (non-hydrogen) atoms. The first kappa shape index (κ1) is 23.1. The highest BCUT2D eigenvalue weighted by Crippen LogP contribution is 2.51. The number of rotatable bonds is 2. The maximum Gasteiger partial charge on any atom is 0.0159 e. The third-order valence-electron chi connectivity index (χ3n) is 9.96. The van der Waals surface area contributed by atoms with Crippen LogP contribution in [-0.4, -0.2) is 0 Å². The Kier molecular flexibility index (Phi) is 4.60. The minimum atomic E-state index is 0.0206. The number of benzene rings is 5. The van der Waals surface area contributed by atoms with Gasteiger partial charge in [-0.1, -0.05) is 141 Å². The van der Waals surface area contributed by atoms with Crippen molar-refractivity contribution < 1.29 is 0 Å². The van der Waals surface area contributed by atoms with Gasteiger partial charge in [0.05, 0.1) is 0 Å². The van der Waals surface area contributed by atoms with Gasteiger partial charge in [-0.2, -0.15) is 0 Å². The maximum atomic E-state index is 2.48. The smallest absolute Gasteiger partial charge is 0.0159 e. The van der Waals surface area contributed by atoms with E-state index < -0.39 is 0 Å². The van der Waals surface area contributed by atoms with Crippen LogP contribution in [0.4, 0.5) is 0 Å². The molecule has 2 atom stereocenters. The largest absolute Gasteiger partial charge is 0.0761 e. The van der Waals surface area contributed by atoms with Crippen LogP contribution in [0, 0.1) is 11.8 Å². The summed E-state index contributed by atoms with van der Waals surface area (Å²) in [5.41, 5.74) is 16.4. The van der Waals surface area contributed by atoms with Crippen LogP contribution in [0.25, 0.3) is 55.3 Å². The van der Waals surface area contributed by atoms with Crippen molar-refractivity contribution in [2.45, 2.75) is 19.3 Å². The van der Waals surface area contributed by atoms with Crippen molar-refractivity contribution in [2.75, 3.05) is 0 Å². The summed E-state index contributed by atoms with van der Waals surface area (Å²) in [5, 5.41) is 2.74. The van der Waals surface area contributed by atoms with Gasteiger partial charge >= 0.3 is 0 Å². The van der Waals surface area contributed by atoms with Gasteiger partial charge in [0.25, 0.3) is 0 Å². The molecule has 4 aliphatic rings. The molecule has 194 valence electrons. The average Bonchev–Trinajstić information content (AvgIpc) is 3.47. The van der Waals surface area contributed by atoms with Crippen LogP contribution in [0.5, 0.6) is 0 Å². The molecule has 0 heteroatoms. The number of allylic oxidation sites excluding steroid dienone is 8. The van der Waals surface area contributed by atoms with Crippen molar-refractivity contribution >= 4 is 21.9 Å². The van der Waals surface area contributed by atoms with Gasteiger partial charge in [-0.25, -0.2) is 0 Å². The molecular formula is C41H30. The standard InChI is InChI=1S/C41H30/c1-41(2)38-13-6-5-10-33(38)34-19-18-28(24-39(34)41)26-14-15-27-23-29(17-16-25(27)22-26)30-20-21-37-32-9-4-3-8-31(32)36-12-7-11-35(30)40(36)37/h3-25,27H,1-2H3. The molecule has 0 fully saturated rings. The predicted molar refractivity (Wildman–Crippen MR) is 174 cm³/mol. The van der Waals surface area contributed by atoms with Gasteiger partial charge in [0.1, 0.15) is 0 Å². The first-order valence-electron chi connectivity index (χ1n) is 14.8. The molecule has 5 aromatic carbocycles. The molecule has 0 saturated heterocycles. The molecule has 0 aromatic heterocycles. The van der Waals surface area contributed by atoms with Gasteiger partial charge < -0.3 is 0 Å². The zero-order chi connectivity index (χ0) is 27.3. The lowest BCUT2D eigenvalue weighted by atomic mass is 9.77. The second kappa shape index (κ2) is 8.18. The van der Waals surface area contributed by atoms with Gasteiger partial charge in [0.2, 0.25) is 0 Å². The molecule has 0 nitrogen and oxygen atoms in total. The first-order valence-corrected chi connectivity index (χ1v) is 14.8. The Morgan fingerprint density at radius 1 is 0.488 bits per heavy atom. The topological polar surface area (TPSA) is 0 Å². The molecule has 4 aliphatic carbocycles. The van der Waals surface area contributed by atoms with Crippen LogP contribution < -0.4 is 0 Å². The highest BCUT2D eigenvalue weighted by atomic mass is 14.4. The number of fused-ring (bicyclic) bond motifs is 7. The maximum absolute atomic E-state index is 2.48. The molecule has 0 heterocycles. The fourth-order valence-electron chi connectivity index (χ4n) is 7.86. The van der Waals surface area contributed by atoms with Crippen LogP contribution in [0.3, 0.4) is 0 Å². The summed E-state index contributed by atoms with van der Waals surface area (Å²) < 4.78 is 0. The molecule has 5 aromatic rings. The summed E-state index contributed by atoms with van der Waals surface area (Å²) in [6.07, 6.45) is 14.5. The molecule has 0 spiro atoms. The summed E-state index contributed by atoms with van der Waals surface area (Å²) in [4.78, 5) is 0. The van der Waals surface area contributed by atoms with E-state index in [1.165, 1.54) is 77.6 Å². The minimum Gasteiger partial charge on any atom is -0.0761 e. The molecule has 0 radical (unpaired) electrons. The Bertz CT molecular complexity index is 2040. The minimum absolute atomic E-state index is 0.0206. The predicted octanol–water partition coefficient (Wildman–Crippen LogP) is 10.6. The molecule has 0 saturated carbocycles. The summed E-state index contributed by atoms with van der Waals surface area (Å²) >= 11 is 0. The fraction of sp³-hybridized carbons (Fsp3) is 0.122. The number of hydrogen-bond donors (Lipinski definition) is 0. The lowest BCUT2D eigenvalue weighted by molar-refractivity contribution is 0.659. The second-order valence-corrected chi connectivity index (χ2v) is 12.5. The van der Waals surface area contributed by atoms with Gasteiger partial charge in [-0.3, -0.25) is 0 Å². The van der Waals surface area contributed by atoms with Crippen molar-refractivity contribution in [1.29, 1.82) is 0 Å². The second-order valence-electron chi connectivity index (χ2n) is 12.5. The van der Waals surface area contributed by atoms with E-state index >= 15 is 0 Å².